The molecule has 2 aromatic rings. The van der Waals surface area contributed by atoms with Crippen LogP contribution in [0.2, 0.25) is 0 Å². The van der Waals surface area contributed by atoms with Gasteiger partial charge in [-0.3, -0.25) is 0 Å². The molecule has 2 aromatic carbocycles. The number of hydrogen-bond donors (Lipinski definition) is 0. The Labute approximate surface area is 83.0 Å². The third kappa shape index (κ3) is 1.67. The van der Waals surface area contributed by atoms with Crippen molar-refractivity contribution in [1.82, 2.24) is 0 Å². The van der Waals surface area contributed by atoms with E-state index in [2.05, 4.69) is 6.07 Å². The molecule has 0 unspecified atom stereocenters. The Morgan fingerprint density at radius 1 is 1.07 bits per heavy atom. The van der Waals surface area contributed by atoms with Gasteiger partial charge < -0.3 is 0 Å². The quantitative estimate of drug-likeness (QED) is 0.636. The zero-order valence-corrected chi connectivity index (χ0v) is 7.92. The zero-order valence-electron chi connectivity index (χ0n) is 7.92. The van der Waals surface area contributed by atoms with Gasteiger partial charge in [0.1, 0.15) is 5.82 Å². The van der Waals surface area contributed by atoms with E-state index >= 15 is 0 Å². The molecule has 0 nitrogen and oxygen atoms in total. The van der Waals surface area contributed by atoms with E-state index in [9.17, 15) is 4.39 Å². The molecule has 69 valence electrons. The molecule has 0 saturated carbocycles. The minimum Gasteiger partial charge on any atom is -0.207 e. The number of aryl methyl sites for hydroxylation is 1. The van der Waals surface area contributed by atoms with E-state index in [1.807, 2.05) is 31.2 Å². The largest absolute Gasteiger partial charge is 0.207 e. The second-order valence-electron chi connectivity index (χ2n) is 3.25. The van der Waals surface area contributed by atoms with Crippen LogP contribution >= 0.6 is 0 Å². The Balaban J connectivity index is 2.57. The van der Waals surface area contributed by atoms with Crippen molar-refractivity contribution in [2.75, 3.05) is 0 Å². The lowest BCUT2D eigenvalue weighted by Gasteiger charge is -2.05. The van der Waals surface area contributed by atoms with E-state index in [1.54, 1.807) is 12.1 Å². The van der Waals surface area contributed by atoms with E-state index < -0.39 is 0 Å². The lowest BCUT2D eigenvalue weighted by atomic mass is 10.0. The second-order valence-corrected chi connectivity index (χ2v) is 3.25. The molecule has 0 aliphatic carbocycles. The fraction of sp³-hybridized carbons (Fsp3) is 0.0769. The molecule has 14 heavy (non-hydrogen) atoms. The lowest BCUT2D eigenvalue weighted by molar-refractivity contribution is 0.628. The highest BCUT2D eigenvalue weighted by Gasteiger charge is 2.01. The van der Waals surface area contributed by atoms with Crippen molar-refractivity contribution in [2.24, 2.45) is 0 Å². The summed E-state index contributed by atoms with van der Waals surface area (Å²) in [4.78, 5) is 0. The van der Waals surface area contributed by atoms with Crippen LogP contribution in [0.4, 0.5) is 4.39 Å². The van der Waals surface area contributed by atoms with Gasteiger partial charge in [0.25, 0.3) is 0 Å². The van der Waals surface area contributed by atoms with Crippen molar-refractivity contribution in [3.05, 3.63) is 59.9 Å². The molecular weight excluding hydrogens is 175 g/mol. The summed E-state index contributed by atoms with van der Waals surface area (Å²) in [6.45, 7) is 1.98. The predicted octanol–water partition coefficient (Wildman–Crippen LogP) is 3.60. The zero-order chi connectivity index (χ0) is 9.97. The fourth-order valence-corrected chi connectivity index (χ4v) is 1.47. The predicted molar refractivity (Wildman–Crippen MR) is 55.4 cm³/mol. The summed E-state index contributed by atoms with van der Waals surface area (Å²) in [5, 5.41) is 0. The van der Waals surface area contributed by atoms with Crippen LogP contribution in [0.1, 0.15) is 5.56 Å². The third-order valence-electron chi connectivity index (χ3n) is 2.23. The van der Waals surface area contributed by atoms with Gasteiger partial charge in [0.2, 0.25) is 0 Å². The van der Waals surface area contributed by atoms with E-state index in [-0.39, 0.29) is 5.82 Å². The number of halogens is 1. The Morgan fingerprint density at radius 2 is 1.79 bits per heavy atom. The van der Waals surface area contributed by atoms with Gasteiger partial charge in [0, 0.05) is 0 Å². The van der Waals surface area contributed by atoms with Crippen molar-refractivity contribution in [1.29, 1.82) is 0 Å². The summed E-state index contributed by atoms with van der Waals surface area (Å²) in [5.41, 5.74) is 3.05. The highest BCUT2D eigenvalue weighted by atomic mass is 19.1. The van der Waals surface area contributed by atoms with Gasteiger partial charge in [-0.25, -0.2) is 4.39 Å². The van der Waals surface area contributed by atoms with Crippen LogP contribution in [-0.4, -0.2) is 0 Å². The van der Waals surface area contributed by atoms with Crippen LogP contribution in [0.25, 0.3) is 11.1 Å². The summed E-state index contributed by atoms with van der Waals surface area (Å²) >= 11 is 0. The average molecular weight is 185 g/mol. The minimum atomic E-state index is -0.196. The molecule has 1 radical (unpaired) electrons. The van der Waals surface area contributed by atoms with Crippen LogP contribution < -0.4 is 0 Å². The van der Waals surface area contributed by atoms with Crippen LogP contribution in [-0.2, 0) is 0 Å². The van der Waals surface area contributed by atoms with Gasteiger partial charge in [-0.1, -0.05) is 30.3 Å². The number of benzene rings is 2. The summed E-state index contributed by atoms with van der Waals surface area (Å²) < 4.78 is 13.0. The van der Waals surface area contributed by atoms with Crippen molar-refractivity contribution < 1.29 is 4.39 Å². The molecular formula is C13H10F. The fourth-order valence-electron chi connectivity index (χ4n) is 1.47. The maximum absolute atomic E-state index is 13.0. The first-order valence-electron chi connectivity index (χ1n) is 4.50. The second kappa shape index (κ2) is 3.62. The van der Waals surface area contributed by atoms with Crippen molar-refractivity contribution in [3.8, 4) is 11.1 Å². The monoisotopic (exact) mass is 185 g/mol. The summed E-state index contributed by atoms with van der Waals surface area (Å²) in [5.74, 6) is -0.196. The van der Waals surface area contributed by atoms with Gasteiger partial charge in [0.05, 0.1) is 0 Å². The molecule has 0 heterocycles. The number of hydrogen-bond acceptors (Lipinski definition) is 0. The van der Waals surface area contributed by atoms with Crippen LogP contribution in [0.5, 0.6) is 0 Å². The Kier molecular flexibility index (Phi) is 2.32. The van der Waals surface area contributed by atoms with Crippen LogP contribution in [0.3, 0.4) is 0 Å². The molecule has 1 heteroatoms. The Bertz CT molecular complexity index is 432. The van der Waals surface area contributed by atoms with Gasteiger partial charge in [-0.2, -0.15) is 0 Å². The van der Waals surface area contributed by atoms with Crippen LogP contribution in [0.15, 0.2) is 42.5 Å². The molecule has 0 atom stereocenters. The topological polar surface area (TPSA) is 0 Å². The van der Waals surface area contributed by atoms with Crippen molar-refractivity contribution in [3.63, 3.8) is 0 Å². The molecule has 0 aliphatic rings. The molecule has 0 saturated heterocycles. The standard InChI is InChI=1S/C13H10F/c1-10-7-8-12(14)9-13(10)11-5-3-2-4-6-11/h3-9H,1H3. The third-order valence-corrected chi connectivity index (χ3v) is 2.23. The first-order chi connectivity index (χ1) is 6.77. The van der Waals surface area contributed by atoms with Gasteiger partial charge in [-0.15, -0.1) is 0 Å². The molecule has 0 aromatic heterocycles. The van der Waals surface area contributed by atoms with E-state index in [4.69, 9.17) is 0 Å². The molecule has 0 aliphatic heterocycles. The Hall–Kier alpha value is -1.63. The van der Waals surface area contributed by atoms with Crippen molar-refractivity contribution >= 4 is 0 Å². The average Bonchev–Trinajstić information content (AvgIpc) is 2.23. The molecule has 0 amide bonds. The SMILES string of the molecule is Cc1ccc(F)cc1-c1cc[c]cc1. The van der Waals surface area contributed by atoms with Crippen LogP contribution in [0, 0.1) is 18.8 Å². The molecule has 0 bridgehead atoms. The maximum atomic E-state index is 13.0. The van der Waals surface area contributed by atoms with Crippen molar-refractivity contribution in [2.45, 2.75) is 6.92 Å². The highest BCUT2D eigenvalue weighted by molar-refractivity contribution is 5.66. The summed E-state index contributed by atoms with van der Waals surface area (Å²) in [7, 11) is 0. The van der Waals surface area contributed by atoms with Gasteiger partial charge >= 0.3 is 0 Å². The van der Waals surface area contributed by atoms with Gasteiger partial charge in [-0.05, 0) is 41.8 Å². The van der Waals surface area contributed by atoms with Gasteiger partial charge in [0.15, 0.2) is 0 Å². The lowest BCUT2D eigenvalue weighted by Crippen LogP contribution is -1.84. The minimum absolute atomic E-state index is 0.196. The van der Waals surface area contributed by atoms with E-state index in [0.29, 0.717) is 0 Å². The highest BCUT2D eigenvalue weighted by Crippen LogP contribution is 2.23. The smallest absolute Gasteiger partial charge is 0.123 e. The normalized spacial score (nSPS) is 10.1. The Morgan fingerprint density at radius 3 is 2.50 bits per heavy atom. The molecule has 2 rings (SSSR count). The van der Waals surface area contributed by atoms with E-state index in [0.717, 1.165) is 16.7 Å². The first-order valence-corrected chi connectivity index (χ1v) is 4.50. The summed E-state index contributed by atoms with van der Waals surface area (Å²) in [6, 6.07) is 15.3. The maximum Gasteiger partial charge on any atom is 0.123 e. The summed E-state index contributed by atoms with van der Waals surface area (Å²) in [6.07, 6.45) is 0. The molecule has 0 fully saturated rings. The molecule has 0 N–H and O–H groups in total. The number of rotatable bonds is 1. The van der Waals surface area contributed by atoms with E-state index in [1.165, 1.54) is 6.07 Å². The first kappa shape index (κ1) is 8.95. The molecule has 0 spiro atoms.